The maximum absolute atomic E-state index is 11.5. The molecule has 0 aliphatic rings. The monoisotopic (exact) mass is 196 g/mol. The number of carbonyl (C=O) groups is 1. The average Bonchev–Trinajstić information content (AvgIpc) is 2.55. The van der Waals surface area contributed by atoms with Crippen molar-refractivity contribution in [3.05, 3.63) is 18.7 Å². The van der Waals surface area contributed by atoms with E-state index in [0.29, 0.717) is 6.54 Å². The topological polar surface area (TPSA) is 55.1 Å². The molecule has 1 aromatic heterocycles. The third kappa shape index (κ3) is 3.30. The van der Waals surface area contributed by atoms with Gasteiger partial charge in [0.25, 0.3) is 0 Å². The first-order chi connectivity index (χ1) is 6.59. The van der Waals surface area contributed by atoms with Crippen LogP contribution in [0, 0.1) is 5.92 Å². The Kier molecular flexibility index (Phi) is 3.83. The standard InChI is InChI=1S/C10H16N2O2/c1-8(10(14)5-9(2)13)6-12-4-3-11-7-12/h3-4,7-9,13H,5-6H2,1-2H3. The molecule has 0 saturated carbocycles. The molecule has 0 aliphatic carbocycles. The van der Waals surface area contributed by atoms with E-state index < -0.39 is 6.10 Å². The molecule has 0 spiro atoms. The summed E-state index contributed by atoms with van der Waals surface area (Å²) in [4.78, 5) is 15.4. The SMILES string of the molecule is CC(O)CC(=O)C(C)Cn1ccnc1. The van der Waals surface area contributed by atoms with E-state index in [2.05, 4.69) is 4.98 Å². The predicted octanol–water partition coefficient (Wildman–Crippen LogP) is 0.859. The number of hydrogen-bond donors (Lipinski definition) is 1. The van der Waals surface area contributed by atoms with Crippen LogP contribution in [-0.2, 0) is 11.3 Å². The van der Waals surface area contributed by atoms with Crippen LogP contribution in [0.15, 0.2) is 18.7 Å². The largest absolute Gasteiger partial charge is 0.393 e. The Morgan fingerprint density at radius 1 is 1.57 bits per heavy atom. The van der Waals surface area contributed by atoms with E-state index >= 15 is 0 Å². The molecule has 4 nitrogen and oxygen atoms in total. The summed E-state index contributed by atoms with van der Waals surface area (Å²) in [6, 6.07) is 0. The molecule has 0 radical (unpaired) electrons. The highest BCUT2D eigenvalue weighted by molar-refractivity contribution is 5.80. The van der Waals surface area contributed by atoms with Crippen molar-refractivity contribution in [1.82, 2.24) is 9.55 Å². The maximum atomic E-state index is 11.5. The van der Waals surface area contributed by atoms with Crippen LogP contribution in [-0.4, -0.2) is 26.5 Å². The normalized spacial score (nSPS) is 15.1. The Labute approximate surface area is 83.6 Å². The lowest BCUT2D eigenvalue weighted by Gasteiger charge is -2.11. The number of aliphatic hydroxyl groups excluding tert-OH is 1. The van der Waals surface area contributed by atoms with Gasteiger partial charge in [0.2, 0.25) is 0 Å². The Balaban J connectivity index is 2.42. The molecule has 1 aromatic rings. The molecule has 78 valence electrons. The first-order valence-electron chi connectivity index (χ1n) is 4.76. The zero-order chi connectivity index (χ0) is 10.6. The maximum Gasteiger partial charge on any atom is 0.140 e. The van der Waals surface area contributed by atoms with Crippen molar-refractivity contribution in [3.63, 3.8) is 0 Å². The highest BCUT2D eigenvalue weighted by Crippen LogP contribution is 2.06. The Morgan fingerprint density at radius 2 is 2.29 bits per heavy atom. The number of carbonyl (C=O) groups excluding carboxylic acids is 1. The Bertz CT molecular complexity index is 280. The molecule has 2 atom stereocenters. The van der Waals surface area contributed by atoms with E-state index in [1.54, 1.807) is 19.4 Å². The van der Waals surface area contributed by atoms with E-state index in [9.17, 15) is 4.79 Å². The quantitative estimate of drug-likeness (QED) is 0.760. The zero-order valence-electron chi connectivity index (χ0n) is 8.55. The van der Waals surface area contributed by atoms with Crippen molar-refractivity contribution in [2.45, 2.75) is 32.9 Å². The number of rotatable bonds is 5. The average molecular weight is 196 g/mol. The lowest BCUT2D eigenvalue weighted by Crippen LogP contribution is -2.20. The van der Waals surface area contributed by atoms with E-state index in [1.807, 2.05) is 17.7 Å². The van der Waals surface area contributed by atoms with Crippen molar-refractivity contribution < 1.29 is 9.90 Å². The number of Topliss-reactive ketones (excluding diaryl/α,β-unsaturated/α-hetero) is 1. The van der Waals surface area contributed by atoms with Gasteiger partial charge in [0, 0.05) is 31.3 Å². The van der Waals surface area contributed by atoms with Gasteiger partial charge < -0.3 is 9.67 Å². The summed E-state index contributed by atoms with van der Waals surface area (Å²) in [6.45, 7) is 4.12. The summed E-state index contributed by atoms with van der Waals surface area (Å²) in [5.74, 6) is 0.0208. The fourth-order valence-corrected chi connectivity index (χ4v) is 1.31. The minimum atomic E-state index is -0.548. The molecule has 0 aromatic carbocycles. The highest BCUT2D eigenvalue weighted by Gasteiger charge is 2.15. The fraction of sp³-hybridized carbons (Fsp3) is 0.600. The molecule has 0 fully saturated rings. The Hall–Kier alpha value is -1.16. The van der Waals surface area contributed by atoms with Gasteiger partial charge in [0.1, 0.15) is 5.78 Å². The summed E-state index contributed by atoms with van der Waals surface area (Å²) < 4.78 is 1.87. The minimum Gasteiger partial charge on any atom is -0.393 e. The van der Waals surface area contributed by atoms with Crippen LogP contribution >= 0.6 is 0 Å². The van der Waals surface area contributed by atoms with Gasteiger partial charge in [0.15, 0.2) is 0 Å². The van der Waals surface area contributed by atoms with Gasteiger partial charge in [-0.25, -0.2) is 4.98 Å². The lowest BCUT2D eigenvalue weighted by molar-refractivity contribution is -0.124. The number of hydrogen-bond acceptors (Lipinski definition) is 3. The number of aliphatic hydroxyl groups is 1. The first-order valence-corrected chi connectivity index (χ1v) is 4.76. The van der Waals surface area contributed by atoms with E-state index in [1.165, 1.54) is 0 Å². The smallest absolute Gasteiger partial charge is 0.140 e. The highest BCUT2D eigenvalue weighted by atomic mass is 16.3. The Morgan fingerprint density at radius 3 is 2.79 bits per heavy atom. The van der Waals surface area contributed by atoms with Crippen LogP contribution in [0.25, 0.3) is 0 Å². The molecular weight excluding hydrogens is 180 g/mol. The molecule has 0 saturated heterocycles. The van der Waals surface area contributed by atoms with Gasteiger partial charge in [-0.05, 0) is 6.92 Å². The van der Waals surface area contributed by atoms with Gasteiger partial charge in [-0.3, -0.25) is 4.79 Å². The van der Waals surface area contributed by atoms with Crippen LogP contribution in [0.2, 0.25) is 0 Å². The van der Waals surface area contributed by atoms with Gasteiger partial charge in [-0.1, -0.05) is 6.92 Å². The van der Waals surface area contributed by atoms with Crippen molar-refractivity contribution in [2.24, 2.45) is 5.92 Å². The van der Waals surface area contributed by atoms with Crippen LogP contribution in [0.4, 0.5) is 0 Å². The van der Waals surface area contributed by atoms with Crippen molar-refractivity contribution in [1.29, 1.82) is 0 Å². The predicted molar refractivity (Wildman–Crippen MR) is 52.7 cm³/mol. The number of ketones is 1. The summed E-state index contributed by atoms with van der Waals surface area (Å²) in [6.07, 6.45) is 4.88. The van der Waals surface area contributed by atoms with Crippen LogP contribution in [0.3, 0.4) is 0 Å². The molecule has 4 heteroatoms. The van der Waals surface area contributed by atoms with Crippen molar-refractivity contribution in [3.8, 4) is 0 Å². The summed E-state index contributed by atoms with van der Waals surface area (Å²) in [5.41, 5.74) is 0. The van der Waals surface area contributed by atoms with Crippen molar-refractivity contribution >= 4 is 5.78 Å². The first kappa shape index (κ1) is 10.9. The molecule has 1 N–H and O–H groups in total. The van der Waals surface area contributed by atoms with E-state index in [0.717, 1.165) is 0 Å². The molecule has 1 rings (SSSR count). The van der Waals surface area contributed by atoms with Crippen LogP contribution in [0.5, 0.6) is 0 Å². The number of nitrogens with zero attached hydrogens (tertiary/aromatic N) is 2. The second-order valence-corrected chi connectivity index (χ2v) is 3.68. The second-order valence-electron chi connectivity index (χ2n) is 3.68. The van der Waals surface area contributed by atoms with Gasteiger partial charge in [-0.15, -0.1) is 0 Å². The molecule has 1 heterocycles. The van der Waals surface area contributed by atoms with E-state index in [-0.39, 0.29) is 18.1 Å². The molecule has 0 bridgehead atoms. The molecule has 2 unspecified atom stereocenters. The van der Waals surface area contributed by atoms with Crippen LogP contribution in [0.1, 0.15) is 20.3 Å². The fourth-order valence-electron chi connectivity index (χ4n) is 1.31. The van der Waals surface area contributed by atoms with Gasteiger partial charge in [-0.2, -0.15) is 0 Å². The second kappa shape index (κ2) is 4.91. The lowest BCUT2D eigenvalue weighted by atomic mass is 10.0. The summed E-state index contributed by atoms with van der Waals surface area (Å²) in [7, 11) is 0. The zero-order valence-corrected chi connectivity index (χ0v) is 8.55. The van der Waals surface area contributed by atoms with Crippen molar-refractivity contribution in [2.75, 3.05) is 0 Å². The van der Waals surface area contributed by atoms with E-state index in [4.69, 9.17) is 5.11 Å². The molecular formula is C10H16N2O2. The molecule has 14 heavy (non-hydrogen) atoms. The molecule has 0 amide bonds. The summed E-state index contributed by atoms with van der Waals surface area (Å²) in [5, 5.41) is 9.06. The third-order valence-electron chi connectivity index (χ3n) is 2.09. The number of aromatic nitrogens is 2. The van der Waals surface area contributed by atoms with Gasteiger partial charge in [0.05, 0.1) is 12.4 Å². The third-order valence-corrected chi connectivity index (χ3v) is 2.09. The van der Waals surface area contributed by atoms with Gasteiger partial charge >= 0.3 is 0 Å². The minimum absolute atomic E-state index is 0.0706. The molecule has 0 aliphatic heterocycles. The number of imidazole rings is 1. The summed E-state index contributed by atoms with van der Waals surface area (Å²) >= 11 is 0. The van der Waals surface area contributed by atoms with Crippen LogP contribution < -0.4 is 0 Å².